The topological polar surface area (TPSA) is 41.1 Å². The van der Waals surface area contributed by atoms with Gasteiger partial charge in [-0.15, -0.1) is 12.6 Å². The Labute approximate surface area is 95.7 Å². The summed E-state index contributed by atoms with van der Waals surface area (Å²) in [6.45, 7) is 1.60. The first-order chi connectivity index (χ1) is 7.24. The number of carbonyl (C=O) groups excluding carboxylic acids is 1. The van der Waals surface area contributed by atoms with Crippen molar-refractivity contribution in [2.24, 2.45) is 0 Å². The largest absolute Gasteiger partial charge is 0.352 e. The number of benzene rings is 1. The molecule has 0 atom stereocenters. The molecular weight excluding hydrogens is 208 g/mol. The fraction of sp³-hybridized carbons (Fsp3) is 0.364. The smallest absolute Gasteiger partial charge is 0.251 e. The van der Waals surface area contributed by atoms with E-state index in [1.54, 1.807) is 12.1 Å². The van der Waals surface area contributed by atoms with E-state index in [4.69, 9.17) is 0 Å². The van der Waals surface area contributed by atoms with E-state index in [-0.39, 0.29) is 5.91 Å². The van der Waals surface area contributed by atoms with Crippen molar-refractivity contribution in [2.75, 3.05) is 20.1 Å². The summed E-state index contributed by atoms with van der Waals surface area (Å²) in [5, 5.41) is 5.87. The molecule has 0 aliphatic heterocycles. The van der Waals surface area contributed by atoms with Crippen molar-refractivity contribution in [2.45, 2.75) is 11.3 Å². The summed E-state index contributed by atoms with van der Waals surface area (Å²) < 4.78 is 0. The minimum absolute atomic E-state index is 0.0398. The molecule has 0 saturated heterocycles. The molecule has 0 heterocycles. The maximum absolute atomic E-state index is 11.6. The number of rotatable bonds is 5. The summed E-state index contributed by atoms with van der Waals surface area (Å²) >= 11 is 4.18. The van der Waals surface area contributed by atoms with Crippen molar-refractivity contribution < 1.29 is 4.79 Å². The van der Waals surface area contributed by atoms with Gasteiger partial charge in [0.05, 0.1) is 0 Å². The van der Waals surface area contributed by atoms with Gasteiger partial charge in [0, 0.05) is 17.0 Å². The first kappa shape index (κ1) is 12.1. The zero-order valence-corrected chi connectivity index (χ0v) is 9.68. The van der Waals surface area contributed by atoms with Gasteiger partial charge in [0.2, 0.25) is 0 Å². The highest BCUT2D eigenvalue weighted by atomic mass is 32.1. The summed E-state index contributed by atoms with van der Waals surface area (Å²) in [7, 11) is 1.90. The summed E-state index contributed by atoms with van der Waals surface area (Å²) in [5.41, 5.74) is 0.659. The van der Waals surface area contributed by atoms with Gasteiger partial charge in [-0.05, 0) is 38.2 Å². The molecule has 15 heavy (non-hydrogen) atoms. The van der Waals surface area contributed by atoms with Crippen molar-refractivity contribution in [3.63, 3.8) is 0 Å². The lowest BCUT2D eigenvalue weighted by Gasteiger charge is -2.05. The molecule has 0 spiro atoms. The monoisotopic (exact) mass is 224 g/mol. The minimum Gasteiger partial charge on any atom is -0.352 e. The first-order valence-electron chi connectivity index (χ1n) is 4.96. The molecule has 1 aromatic rings. The Balaban J connectivity index is 2.40. The molecule has 0 aliphatic rings. The first-order valence-corrected chi connectivity index (χ1v) is 5.40. The van der Waals surface area contributed by atoms with Gasteiger partial charge in [0.25, 0.3) is 5.91 Å². The number of nitrogens with one attached hydrogen (secondary N) is 2. The Morgan fingerprint density at radius 3 is 2.87 bits per heavy atom. The molecule has 1 amide bonds. The fourth-order valence-electron chi connectivity index (χ4n) is 1.22. The van der Waals surface area contributed by atoms with E-state index in [9.17, 15) is 4.79 Å². The number of amides is 1. The molecule has 4 heteroatoms. The van der Waals surface area contributed by atoms with Crippen LogP contribution in [0.1, 0.15) is 16.8 Å². The standard InChI is InChI=1S/C11H16N2OS/c1-12-6-3-7-13-11(14)9-4-2-5-10(15)8-9/h2,4-5,8,12,15H,3,6-7H2,1H3,(H,13,14). The minimum atomic E-state index is -0.0398. The molecular formula is C11H16N2OS. The molecule has 0 aliphatic carbocycles. The van der Waals surface area contributed by atoms with Crippen LogP contribution in [0.25, 0.3) is 0 Å². The molecule has 0 fully saturated rings. The van der Waals surface area contributed by atoms with Gasteiger partial charge in [-0.1, -0.05) is 6.07 Å². The van der Waals surface area contributed by atoms with Gasteiger partial charge >= 0.3 is 0 Å². The highest BCUT2D eigenvalue weighted by Gasteiger charge is 2.03. The third kappa shape index (κ3) is 4.36. The Kier molecular flexibility index (Phi) is 5.21. The Morgan fingerprint density at radius 1 is 1.40 bits per heavy atom. The van der Waals surface area contributed by atoms with E-state index in [2.05, 4.69) is 23.3 Å². The van der Waals surface area contributed by atoms with Gasteiger partial charge in [-0.2, -0.15) is 0 Å². The van der Waals surface area contributed by atoms with Crippen molar-refractivity contribution >= 4 is 18.5 Å². The SMILES string of the molecule is CNCCCNC(=O)c1cccc(S)c1. The summed E-state index contributed by atoms with van der Waals surface area (Å²) in [5.74, 6) is -0.0398. The molecule has 0 unspecified atom stereocenters. The van der Waals surface area contributed by atoms with Crippen LogP contribution in [0, 0.1) is 0 Å². The molecule has 0 radical (unpaired) electrons. The second-order valence-electron chi connectivity index (χ2n) is 3.26. The van der Waals surface area contributed by atoms with Crippen LogP contribution in [0.4, 0.5) is 0 Å². The van der Waals surface area contributed by atoms with E-state index in [0.29, 0.717) is 12.1 Å². The number of thiol groups is 1. The Hall–Kier alpha value is -1.00. The predicted octanol–water partition coefficient (Wildman–Crippen LogP) is 1.31. The van der Waals surface area contributed by atoms with Crippen LogP contribution >= 0.6 is 12.6 Å². The molecule has 0 aromatic heterocycles. The van der Waals surface area contributed by atoms with Crippen LogP contribution in [0.2, 0.25) is 0 Å². The lowest BCUT2D eigenvalue weighted by Crippen LogP contribution is -2.26. The Bertz CT molecular complexity index is 328. The zero-order valence-electron chi connectivity index (χ0n) is 8.79. The van der Waals surface area contributed by atoms with Gasteiger partial charge < -0.3 is 10.6 Å². The van der Waals surface area contributed by atoms with E-state index in [1.807, 2.05) is 19.2 Å². The van der Waals surface area contributed by atoms with E-state index in [1.165, 1.54) is 0 Å². The van der Waals surface area contributed by atoms with Crippen LogP contribution in [-0.2, 0) is 0 Å². The molecule has 2 N–H and O–H groups in total. The van der Waals surface area contributed by atoms with Gasteiger partial charge in [-0.25, -0.2) is 0 Å². The molecule has 1 rings (SSSR count). The maximum Gasteiger partial charge on any atom is 0.251 e. The second-order valence-corrected chi connectivity index (χ2v) is 3.78. The van der Waals surface area contributed by atoms with Crippen LogP contribution in [0.15, 0.2) is 29.2 Å². The average molecular weight is 224 g/mol. The van der Waals surface area contributed by atoms with Crippen molar-refractivity contribution in [1.29, 1.82) is 0 Å². The molecule has 1 aromatic carbocycles. The average Bonchev–Trinajstić information content (AvgIpc) is 2.24. The predicted molar refractivity (Wildman–Crippen MR) is 64.6 cm³/mol. The summed E-state index contributed by atoms with van der Waals surface area (Å²) in [4.78, 5) is 12.4. The lowest BCUT2D eigenvalue weighted by molar-refractivity contribution is 0.0953. The molecule has 82 valence electrons. The van der Waals surface area contributed by atoms with Gasteiger partial charge in [0.1, 0.15) is 0 Å². The fourth-order valence-corrected chi connectivity index (χ4v) is 1.44. The number of hydrogen-bond acceptors (Lipinski definition) is 3. The van der Waals surface area contributed by atoms with Gasteiger partial charge in [-0.3, -0.25) is 4.79 Å². The lowest BCUT2D eigenvalue weighted by atomic mass is 10.2. The normalized spacial score (nSPS) is 10.0. The van der Waals surface area contributed by atoms with E-state index in [0.717, 1.165) is 17.9 Å². The highest BCUT2D eigenvalue weighted by Crippen LogP contribution is 2.08. The van der Waals surface area contributed by atoms with Crippen LogP contribution in [0.3, 0.4) is 0 Å². The molecule has 0 bridgehead atoms. The maximum atomic E-state index is 11.6. The second kappa shape index (κ2) is 6.48. The van der Waals surface area contributed by atoms with Crippen LogP contribution in [-0.4, -0.2) is 26.0 Å². The van der Waals surface area contributed by atoms with Crippen molar-refractivity contribution in [1.82, 2.24) is 10.6 Å². The number of carbonyl (C=O) groups is 1. The van der Waals surface area contributed by atoms with Crippen molar-refractivity contribution in [3.05, 3.63) is 29.8 Å². The zero-order chi connectivity index (χ0) is 11.1. The van der Waals surface area contributed by atoms with Gasteiger partial charge in [0.15, 0.2) is 0 Å². The summed E-state index contributed by atoms with van der Waals surface area (Å²) in [6.07, 6.45) is 0.933. The third-order valence-corrected chi connectivity index (χ3v) is 2.28. The summed E-state index contributed by atoms with van der Waals surface area (Å²) in [6, 6.07) is 7.22. The quantitative estimate of drug-likeness (QED) is 0.521. The number of hydrogen-bond donors (Lipinski definition) is 3. The highest BCUT2D eigenvalue weighted by molar-refractivity contribution is 7.80. The van der Waals surface area contributed by atoms with Crippen LogP contribution in [0.5, 0.6) is 0 Å². The molecule has 0 saturated carbocycles. The Morgan fingerprint density at radius 2 is 2.20 bits per heavy atom. The van der Waals surface area contributed by atoms with Crippen LogP contribution < -0.4 is 10.6 Å². The van der Waals surface area contributed by atoms with E-state index < -0.39 is 0 Å². The molecule has 3 nitrogen and oxygen atoms in total. The van der Waals surface area contributed by atoms with Crippen molar-refractivity contribution in [3.8, 4) is 0 Å². The third-order valence-electron chi connectivity index (χ3n) is 2.00. The van der Waals surface area contributed by atoms with E-state index >= 15 is 0 Å².